The van der Waals surface area contributed by atoms with Crippen LogP contribution >= 0.6 is 11.3 Å². The van der Waals surface area contributed by atoms with Gasteiger partial charge in [-0.25, -0.2) is 9.78 Å². The number of rotatable bonds is 3. The first-order chi connectivity index (χ1) is 11.9. The number of nitrogens with zero attached hydrogens (tertiary/aromatic N) is 4. The summed E-state index contributed by atoms with van der Waals surface area (Å²) < 4.78 is 0. The summed E-state index contributed by atoms with van der Waals surface area (Å²) in [4.78, 5) is 35.7. The van der Waals surface area contributed by atoms with Gasteiger partial charge >= 0.3 is 6.03 Å². The average molecular weight is 363 g/mol. The van der Waals surface area contributed by atoms with Crippen LogP contribution in [0.15, 0.2) is 0 Å². The van der Waals surface area contributed by atoms with Gasteiger partial charge in [0.05, 0.1) is 23.3 Å². The van der Waals surface area contributed by atoms with Crippen molar-refractivity contribution < 1.29 is 9.59 Å². The molecule has 3 amide bonds. The van der Waals surface area contributed by atoms with Gasteiger partial charge in [-0.3, -0.25) is 19.5 Å². The van der Waals surface area contributed by atoms with E-state index in [4.69, 9.17) is 0 Å². The third-order valence-corrected chi connectivity index (χ3v) is 6.79. The Kier molecular flexibility index (Phi) is 4.29. The third kappa shape index (κ3) is 3.18. The molecule has 136 valence electrons. The SMILES string of the molecule is Cc1nc(C)c(CN2CC3CN(C4CC(=O)N(C)C(=O)N4)CC3C2)s1. The molecule has 3 aliphatic heterocycles. The van der Waals surface area contributed by atoms with Crippen LogP contribution in [0.5, 0.6) is 0 Å². The number of carbonyl (C=O) groups excluding carboxylic acids is 2. The van der Waals surface area contributed by atoms with Crippen LogP contribution < -0.4 is 5.32 Å². The standard InChI is InChI=1S/C17H25N5O2S/c1-10-14(25-11(2)18-10)9-21-5-12-7-22(8-13(12)6-21)15-4-16(23)20(3)17(24)19-15/h12-13,15H,4-9H2,1-3H3,(H,19,24). The van der Waals surface area contributed by atoms with Crippen molar-refractivity contribution in [1.29, 1.82) is 0 Å². The highest BCUT2D eigenvalue weighted by Crippen LogP contribution is 2.34. The van der Waals surface area contributed by atoms with Crippen molar-refractivity contribution in [3.8, 4) is 0 Å². The van der Waals surface area contributed by atoms with Crippen molar-refractivity contribution >= 4 is 23.3 Å². The Bertz CT molecular complexity index is 673. The van der Waals surface area contributed by atoms with Crippen molar-refractivity contribution in [1.82, 2.24) is 25.0 Å². The molecule has 0 spiro atoms. The second-order valence-electron chi connectivity index (χ2n) is 7.53. The van der Waals surface area contributed by atoms with Crippen molar-refractivity contribution in [3.05, 3.63) is 15.6 Å². The zero-order valence-electron chi connectivity index (χ0n) is 15.0. The summed E-state index contributed by atoms with van der Waals surface area (Å²) in [5.74, 6) is 1.16. The molecular weight excluding hydrogens is 338 g/mol. The lowest BCUT2D eigenvalue weighted by atomic mass is 10.0. The Morgan fingerprint density at radius 3 is 2.40 bits per heavy atom. The van der Waals surface area contributed by atoms with Gasteiger partial charge in [0.1, 0.15) is 0 Å². The van der Waals surface area contributed by atoms with Crippen LogP contribution in [0, 0.1) is 25.7 Å². The molecule has 1 aromatic heterocycles. The number of amides is 3. The Labute approximate surface area is 152 Å². The molecule has 3 fully saturated rings. The van der Waals surface area contributed by atoms with Crippen molar-refractivity contribution in [2.24, 2.45) is 11.8 Å². The average Bonchev–Trinajstić information content (AvgIpc) is 3.18. The zero-order valence-corrected chi connectivity index (χ0v) is 15.8. The normalized spacial score (nSPS) is 30.8. The zero-order chi connectivity index (χ0) is 17.7. The maximum Gasteiger partial charge on any atom is 0.325 e. The first-order valence-electron chi connectivity index (χ1n) is 8.87. The lowest BCUT2D eigenvalue weighted by Gasteiger charge is -2.35. The second kappa shape index (κ2) is 6.34. The predicted octanol–water partition coefficient (Wildman–Crippen LogP) is 1.02. The van der Waals surface area contributed by atoms with Gasteiger partial charge in [-0.05, 0) is 25.7 Å². The Hall–Kier alpha value is -1.51. The monoisotopic (exact) mass is 363 g/mol. The number of imide groups is 1. The van der Waals surface area contributed by atoms with Crippen LogP contribution in [0.25, 0.3) is 0 Å². The van der Waals surface area contributed by atoms with Gasteiger partial charge in [-0.2, -0.15) is 0 Å². The van der Waals surface area contributed by atoms with Gasteiger partial charge in [0.15, 0.2) is 0 Å². The number of fused-ring (bicyclic) bond motifs is 1. The van der Waals surface area contributed by atoms with Gasteiger partial charge < -0.3 is 5.32 Å². The Morgan fingerprint density at radius 1 is 1.16 bits per heavy atom. The van der Waals surface area contributed by atoms with Gasteiger partial charge in [0.2, 0.25) is 5.91 Å². The molecular formula is C17H25N5O2S. The summed E-state index contributed by atoms with van der Waals surface area (Å²) >= 11 is 1.80. The molecule has 1 N–H and O–H groups in total. The maximum atomic E-state index is 11.9. The summed E-state index contributed by atoms with van der Waals surface area (Å²) in [6.07, 6.45) is 0.242. The molecule has 0 radical (unpaired) electrons. The number of aromatic nitrogens is 1. The fourth-order valence-corrected chi connectivity index (χ4v) is 5.34. The van der Waals surface area contributed by atoms with Crippen LogP contribution in [0.4, 0.5) is 4.79 Å². The van der Waals surface area contributed by atoms with E-state index in [9.17, 15) is 9.59 Å². The maximum absolute atomic E-state index is 11.9. The van der Waals surface area contributed by atoms with Crippen molar-refractivity contribution in [2.75, 3.05) is 33.2 Å². The van der Waals surface area contributed by atoms with E-state index in [0.29, 0.717) is 18.3 Å². The number of thiazole rings is 1. The molecule has 7 nitrogen and oxygen atoms in total. The first kappa shape index (κ1) is 16.9. The molecule has 3 saturated heterocycles. The van der Waals surface area contributed by atoms with E-state index in [1.807, 2.05) is 0 Å². The first-order valence-corrected chi connectivity index (χ1v) is 9.68. The second-order valence-corrected chi connectivity index (χ2v) is 8.82. The number of likely N-dealkylation sites (tertiary alicyclic amines) is 2. The molecule has 4 rings (SSSR count). The van der Waals surface area contributed by atoms with Gasteiger partial charge in [-0.1, -0.05) is 0 Å². The molecule has 8 heteroatoms. The van der Waals surface area contributed by atoms with Gasteiger partial charge in [0.25, 0.3) is 0 Å². The van der Waals surface area contributed by atoms with Crippen LogP contribution in [-0.2, 0) is 11.3 Å². The van der Waals surface area contributed by atoms with Crippen LogP contribution in [0.1, 0.15) is 22.0 Å². The molecule has 3 atom stereocenters. The quantitative estimate of drug-likeness (QED) is 0.868. The summed E-state index contributed by atoms with van der Waals surface area (Å²) in [5, 5.41) is 4.10. The van der Waals surface area contributed by atoms with E-state index >= 15 is 0 Å². The van der Waals surface area contributed by atoms with Crippen LogP contribution in [-0.4, -0.2) is 71.0 Å². The van der Waals surface area contributed by atoms with E-state index in [2.05, 4.69) is 33.9 Å². The number of urea groups is 1. The van der Waals surface area contributed by atoms with E-state index < -0.39 is 0 Å². The molecule has 0 aliphatic carbocycles. The molecule has 3 aliphatic rings. The molecule has 0 saturated carbocycles. The van der Waals surface area contributed by atoms with Gasteiger partial charge in [-0.15, -0.1) is 11.3 Å². The smallest absolute Gasteiger partial charge is 0.322 e. The van der Waals surface area contributed by atoms with E-state index in [-0.39, 0.29) is 18.1 Å². The lowest BCUT2D eigenvalue weighted by Crippen LogP contribution is -2.59. The van der Waals surface area contributed by atoms with Crippen molar-refractivity contribution in [3.63, 3.8) is 0 Å². The minimum Gasteiger partial charge on any atom is -0.322 e. The van der Waals surface area contributed by atoms with Gasteiger partial charge in [0, 0.05) is 44.6 Å². The minimum absolute atomic E-state index is 0.0940. The third-order valence-electron chi connectivity index (χ3n) is 5.73. The molecule has 0 bridgehead atoms. The Morgan fingerprint density at radius 2 is 1.84 bits per heavy atom. The largest absolute Gasteiger partial charge is 0.325 e. The lowest BCUT2D eigenvalue weighted by molar-refractivity contribution is -0.130. The van der Waals surface area contributed by atoms with E-state index in [1.165, 1.54) is 16.8 Å². The number of aryl methyl sites for hydroxylation is 2. The number of carbonyl (C=O) groups is 2. The Balaban J connectivity index is 1.34. The summed E-state index contributed by atoms with van der Waals surface area (Å²) in [7, 11) is 1.54. The highest BCUT2D eigenvalue weighted by Gasteiger charge is 2.44. The fraction of sp³-hybridized carbons (Fsp3) is 0.706. The summed E-state index contributed by atoms with van der Waals surface area (Å²) in [6, 6.07) is -0.282. The number of hydrogen-bond acceptors (Lipinski definition) is 6. The number of nitrogens with one attached hydrogen (secondary N) is 1. The molecule has 4 heterocycles. The molecule has 3 unspecified atom stereocenters. The van der Waals surface area contributed by atoms with E-state index in [1.54, 1.807) is 11.3 Å². The van der Waals surface area contributed by atoms with Crippen LogP contribution in [0.3, 0.4) is 0 Å². The van der Waals surface area contributed by atoms with E-state index in [0.717, 1.165) is 43.4 Å². The highest BCUT2D eigenvalue weighted by molar-refractivity contribution is 7.11. The summed E-state index contributed by atoms with van der Waals surface area (Å²) in [5.41, 5.74) is 1.16. The fourth-order valence-electron chi connectivity index (χ4n) is 4.36. The number of hydrogen-bond donors (Lipinski definition) is 1. The molecule has 25 heavy (non-hydrogen) atoms. The minimum atomic E-state index is -0.282. The van der Waals surface area contributed by atoms with Crippen molar-refractivity contribution in [2.45, 2.75) is 33.0 Å². The summed E-state index contributed by atoms with van der Waals surface area (Å²) in [6.45, 7) is 9.26. The molecule has 1 aromatic rings. The van der Waals surface area contributed by atoms with Crippen LogP contribution in [0.2, 0.25) is 0 Å². The highest BCUT2D eigenvalue weighted by atomic mass is 32.1. The topological polar surface area (TPSA) is 68.8 Å². The predicted molar refractivity (Wildman–Crippen MR) is 95.1 cm³/mol. The molecule has 0 aromatic carbocycles.